The first-order valence-corrected chi connectivity index (χ1v) is 8.72. The summed E-state index contributed by atoms with van der Waals surface area (Å²) >= 11 is 0. The van der Waals surface area contributed by atoms with Crippen molar-refractivity contribution >= 4 is 0 Å². The predicted molar refractivity (Wildman–Crippen MR) is 102 cm³/mol. The summed E-state index contributed by atoms with van der Waals surface area (Å²) in [5.41, 5.74) is 3.77. The van der Waals surface area contributed by atoms with E-state index >= 15 is 0 Å². The average molecular weight is 357 g/mol. The van der Waals surface area contributed by atoms with Crippen LogP contribution in [0, 0.1) is 0 Å². The molecule has 2 aromatic rings. The minimum absolute atomic E-state index is 0.246. The second-order valence-corrected chi connectivity index (χ2v) is 6.58. The van der Waals surface area contributed by atoms with Gasteiger partial charge in [-0.2, -0.15) is 0 Å². The Labute approximate surface area is 155 Å². The Morgan fingerprint density at radius 2 is 1.38 bits per heavy atom. The van der Waals surface area contributed by atoms with Gasteiger partial charge in [0.2, 0.25) is 0 Å². The van der Waals surface area contributed by atoms with Crippen LogP contribution in [0.4, 0.5) is 0 Å². The fourth-order valence-corrected chi connectivity index (χ4v) is 3.76. The SMILES string of the molecule is COc1ccc(C2Cc3cc(OC)c(OC)cc3C(C)N2C)cc1OC. The van der Waals surface area contributed by atoms with E-state index in [2.05, 4.69) is 43.1 Å². The summed E-state index contributed by atoms with van der Waals surface area (Å²) in [5.74, 6) is 3.05. The summed E-state index contributed by atoms with van der Waals surface area (Å²) in [6.45, 7) is 2.22. The lowest BCUT2D eigenvalue weighted by molar-refractivity contribution is 0.166. The minimum Gasteiger partial charge on any atom is -0.493 e. The number of methoxy groups -OCH3 is 4. The highest BCUT2D eigenvalue weighted by atomic mass is 16.5. The lowest BCUT2D eigenvalue weighted by atomic mass is 9.86. The number of rotatable bonds is 5. The van der Waals surface area contributed by atoms with Crippen LogP contribution >= 0.6 is 0 Å². The quantitative estimate of drug-likeness (QED) is 0.809. The van der Waals surface area contributed by atoms with E-state index in [4.69, 9.17) is 18.9 Å². The number of nitrogens with zero attached hydrogens (tertiary/aromatic N) is 1. The molecule has 1 heterocycles. The summed E-state index contributed by atoms with van der Waals surface area (Å²) in [6, 6.07) is 10.9. The molecule has 0 fully saturated rings. The molecule has 0 radical (unpaired) electrons. The molecule has 5 nitrogen and oxygen atoms in total. The largest absolute Gasteiger partial charge is 0.493 e. The van der Waals surface area contributed by atoms with Crippen LogP contribution in [0.3, 0.4) is 0 Å². The highest BCUT2D eigenvalue weighted by Crippen LogP contribution is 2.44. The van der Waals surface area contributed by atoms with Gasteiger partial charge in [-0.1, -0.05) is 6.07 Å². The van der Waals surface area contributed by atoms with Crippen LogP contribution < -0.4 is 18.9 Å². The van der Waals surface area contributed by atoms with Gasteiger partial charge in [-0.25, -0.2) is 0 Å². The first kappa shape index (κ1) is 18.4. The molecule has 2 aromatic carbocycles. The van der Waals surface area contributed by atoms with Crippen LogP contribution in [-0.4, -0.2) is 40.4 Å². The average Bonchev–Trinajstić information content (AvgIpc) is 2.69. The van der Waals surface area contributed by atoms with Crippen molar-refractivity contribution in [3.05, 3.63) is 47.0 Å². The van der Waals surface area contributed by atoms with Gasteiger partial charge in [-0.05, 0) is 61.3 Å². The fraction of sp³-hybridized carbons (Fsp3) is 0.429. The van der Waals surface area contributed by atoms with Crippen molar-refractivity contribution in [1.82, 2.24) is 4.90 Å². The number of hydrogen-bond donors (Lipinski definition) is 0. The van der Waals surface area contributed by atoms with Crippen molar-refractivity contribution in [2.45, 2.75) is 25.4 Å². The van der Waals surface area contributed by atoms with Gasteiger partial charge >= 0.3 is 0 Å². The van der Waals surface area contributed by atoms with Gasteiger partial charge in [-0.3, -0.25) is 4.90 Å². The highest BCUT2D eigenvalue weighted by molar-refractivity contribution is 5.51. The molecule has 1 aliphatic rings. The van der Waals surface area contributed by atoms with Crippen molar-refractivity contribution in [2.75, 3.05) is 35.5 Å². The molecule has 2 atom stereocenters. The van der Waals surface area contributed by atoms with Gasteiger partial charge in [0.15, 0.2) is 23.0 Å². The van der Waals surface area contributed by atoms with Crippen molar-refractivity contribution < 1.29 is 18.9 Å². The summed E-state index contributed by atoms with van der Waals surface area (Å²) < 4.78 is 21.8. The maximum Gasteiger partial charge on any atom is 0.161 e. The smallest absolute Gasteiger partial charge is 0.161 e. The molecule has 0 amide bonds. The molecule has 3 rings (SSSR count). The van der Waals surface area contributed by atoms with E-state index < -0.39 is 0 Å². The molecule has 5 heteroatoms. The van der Waals surface area contributed by atoms with E-state index in [1.165, 1.54) is 16.7 Å². The van der Waals surface area contributed by atoms with Gasteiger partial charge < -0.3 is 18.9 Å². The Morgan fingerprint density at radius 3 is 2.00 bits per heavy atom. The first-order chi connectivity index (χ1) is 12.5. The van der Waals surface area contributed by atoms with E-state index in [-0.39, 0.29) is 12.1 Å². The highest BCUT2D eigenvalue weighted by Gasteiger charge is 2.32. The molecular weight excluding hydrogens is 330 g/mol. The van der Waals surface area contributed by atoms with Crippen LogP contribution in [0.1, 0.15) is 35.7 Å². The Morgan fingerprint density at radius 1 is 0.808 bits per heavy atom. The number of ether oxygens (including phenoxy) is 4. The van der Waals surface area contributed by atoms with Crippen molar-refractivity contribution in [3.63, 3.8) is 0 Å². The Hall–Kier alpha value is -2.40. The van der Waals surface area contributed by atoms with Gasteiger partial charge in [0, 0.05) is 12.1 Å². The lowest BCUT2D eigenvalue weighted by Crippen LogP contribution is -2.34. The van der Waals surface area contributed by atoms with Crippen molar-refractivity contribution in [3.8, 4) is 23.0 Å². The number of fused-ring (bicyclic) bond motifs is 1. The third kappa shape index (κ3) is 3.07. The molecular formula is C21H27NO4. The first-order valence-electron chi connectivity index (χ1n) is 8.72. The van der Waals surface area contributed by atoms with E-state index in [9.17, 15) is 0 Å². The molecule has 140 valence electrons. The summed E-state index contributed by atoms with van der Waals surface area (Å²) in [6.07, 6.45) is 0.895. The monoisotopic (exact) mass is 357 g/mol. The maximum absolute atomic E-state index is 5.50. The van der Waals surface area contributed by atoms with Crippen LogP contribution in [0.5, 0.6) is 23.0 Å². The number of benzene rings is 2. The summed E-state index contributed by atoms with van der Waals surface area (Å²) in [4.78, 5) is 2.38. The van der Waals surface area contributed by atoms with Crippen LogP contribution in [0.25, 0.3) is 0 Å². The molecule has 0 N–H and O–H groups in total. The molecule has 1 aliphatic heterocycles. The summed E-state index contributed by atoms with van der Waals surface area (Å²) in [7, 11) is 8.83. The van der Waals surface area contributed by atoms with Gasteiger partial charge in [0.1, 0.15) is 0 Å². The molecule has 0 aromatic heterocycles. The predicted octanol–water partition coefficient (Wildman–Crippen LogP) is 4.01. The molecule has 0 saturated carbocycles. The van der Waals surface area contributed by atoms with Crippen molar-refractivity contribution in [1.29, 1.82) is 0 Å². The molecule has 0 aliphatic carbocycles. The zero-order valence-electron chi connectivity index (χ0n) is 16.3. The maximum atomic E-state index is 5.50. The molecule has 0 bridgehead atoms. The van der Waals surface area contributed by atoms with Crippen LogP contribution in [0.15, 0.2) is 30.3 Å². The third-order valence-corrected chi connectivity index (χ3v) is 5.40. The number of likely N-dealkylation sites (N-methyl/N-ethyl adjacent to an activating group) is 1. The molecule has 0 spiro atoms. The minimum atomic E-state index is 0.246. The second-order valence-electron chi connectivity index (χ2n) is 6.58. The molecule has 0 saturated heterocycles. The van der Waals surface area contributed by atoms with Crippen molar-refractivity contribution in [2.24, 2.45) is 0 Å². The van der Waals surface area contributed by atoms with E-state index in [1.54, 1.807) is 28.4 Å². The molecule has 26 heavy (non-hydrogen) atoms. The van der Waals surface area contributed by atoms with Gasteiger partial charge in [0.25, 0.3) is 0 Å². The summed E-state index contributed by atoms with van der Waals surface area (Å²) in [5, 5.41) is 0. The molecule has 2 unspecified atom stereocenters. The van der Waals surface area contributed by atoms with Crippen LogP contribution in [-0.2, 0) is 6.42 Å². The Balaban J connectivity index is 2.02. The standard InChI is InChI=1S/C21H27NO4/c1-13-16-12-21(26-6)20(25-5)11-15(16)9-17(22(13)2)14-7-8-18(23-3)19(10-14)24-4/h7-8,10-13,17H,9H2,1-6H3. The zero-order chi connectivity index (χ0) is 18.8. The van der Waals surface area contributed by atoms with Crippen LogP contribution in [0.2, 0.25) is 0 Å². The zero-order valence-corrected chi connectivity index (χ0v) is 16.3. The van der Waals surface area contributed by atoms with E-state index in [0.717, 1.165) is 29.4 Å². The lowest BCUT2D eigenvalue weighted by Gasteiger charge is -2.40. The normalized spacial score (nSPS) is 19.6. The second kappa shape index (κ2) is 7.46. The van der Waals surface area contributed by atoms with E-state index in [1.807, 2.05) is 6.07 Å². The Bertz CT molecular complexity index is 790. The van der Waals surface area contributed by atoms with E-state index in [0.29, 0.717) is 0 Å². The topological polar surface area (TPSA) is 40.2 Å². The Kier molecular flexibility index (Phi) is 5.28. The van der Waals surface area contributed by atoms with Gasteiger partial charge in [-0.15, -0.1) is 0 Å². The third-order valence-electron chi connectivity index (χ3n) is 5.40. The van der Waals surface area contributed by atoms with Gasteiger partial charge in [0.05, 0.1) is 28.4 Å². The number of hydrogen-bond acceptors (Lipinski definition) is 5. The fourth-order valence-electron chi connectivity index (χ4n) is 3.76.